The summed E-state index contributed by atoms with van der Waals surface area (Å²) in [5.41, 5.74) is 1.74. The molecule has 3 nitrogen and oxygen atoms in total. The molecule has 0 aliphatic heterocycles. The summed E-state index contributed by atoms with van der Waals surface area (Å²) in [6, 6.07) is 9.58. The highest BCUT2D eigenvalue weighted by molar-refractivity contribution is 5.93. The van der Waals surface area contributed by atoms with Gasteiger partial charge in [-0.25, -0.2) is 0 Å². The summed E-state index contributed by atoms with van der Waals surface area (Å²) in [6.45, 7) is 3.86. The molecule has 1 aromatic carbocycles. The maximum Gasteiger partial charge on any atom is 0.247 e. The third-order valence-corrected chi connectivity index (χ3v) is 2.79. The van der Waals surface area contributed by atoms with Crippen molar-refractivity contribution in [1.82, 2.24) is 5.32 Å². The van der Waals surface area contributed by atoms with Gasteiger partial charge in [-0.2, -0.15) is 0 Å². The molecule has 0 aliphatic carbocycles. The molecule has 1 aromatic rings. The Balaban J connectivity index is 2.76. The highest BCUT2D eigenvalue weighted by Gasteiger charge is 2.14. The molecule has 0 bridgehead atoms. The molecule has 0 spiro atoms. The smallest absolute Gasteiger partial charge is 0.247 e. The number of hydrogen-bond acceptors (Lipinski definition) is 2. The number of carbonyl (C=O) groups is 1. The molecule has 0 radical (unpaired) electrons. The molecule has 0 aromatic heterocycles. The topological polar surface area (TPSA) is 49.3 Å². The SMILES string of the molecule is CC/C=C(/C)C(=O)NC(CCO)c1ccccc1. The Morgan fingerprint density at radius 1 is 1.39 bits per heavy atom. The van der Waals surface area contributed by atoms with Crippen LogP contribution in [0.1, 0.15) is 38.3 Å². The van der Waals surface area contributed by atoms with E-state index in [1.54, 1.807) is 6.92 Å². The maximum atomic E-state index is 11.9. The Bertz CT molecular complexity index is 398. The van der Waals surface area contributed by atoms with Crippen LogP contribution < -0.4 is 5.32 Å². The monoisotopic (exact) mass is 247 g/mol. The van der Waals surface area contributed by atoms with Crippen molar-refractivity contribution in [3.05, 3.63) is 47.5 Å². The second-order valence-electron chi connectivity index (χ2n) is 4.24. The summed E-state index contributed by atoms with van der Waals surface area (Å²) in [5.74, 6) is -0.0702. The van der Waals surface area contributed by atoms with Crippen molar-refractivity contribution < 1.29 is 9.90 Å². The van der Waals surface area contributed by atoms with Gasteiger partial charge < -0.3 is 10.4 Å². The average molecular weight is 247 g/mol. The van der Waals surface area contributed by atoms with Gasteiger partial charge in [0, 0.05) is 12.2 Å². The van der Waals surface area contributed by atoms with Crippen LogP contribution in [0.15, 0.2) is 42.0 Å². The Morgan fingerprint density at radius 3 is 2.61 bits per heavy atom. The fourth-order valence-corrected chi connectivity index (χ4v) is 1.81. The first kappa shape index (κ1) is 14.5. The minimum atomic E-state index is -0.135. The first-order valence-electron chi connectivity index (χ1n) is 6.32. The van der Waals surface area contributed by atoms with Crippen molar-refractivity contribution in [3.63, 3.8) is 0 Å². The number of allylic oxidation sites excluding steroid dienone is 1. The van der Waals surface area contributed by atoms with E-state index >= 15 is 0 Å². The Kier molecular flexibility index (Phi) is 6.15. The van der Waals surface area contributed by atoms with Crippen LogP contribution in [0.25, 0.3) is 0 Å². The summed E-state index contributed by atoms with van der Waals surface area (Å²) in [4.78, 5) is 11.9. The predicted molar refractivity (Wildman–Crippen MR) is 73.1 cm³/mol. The Hall–Kier alpha value is -1.61. The summed E-state index contributed by atoms with van der Waals surface area (Å²) in [5, 5.41) is 12.0. The van der Waals surface area contributed by atoms with Gasteiger partial charge in [-0.15, -0.1) is 0 Å². The van der Waals surface area contributed by atoms with Gasteiger partial charge in [0.25, 0.3) is 0 Å². The van der Waals surface area contributed by atoms with Crippen LogP contribution in [0.5, 0.6) is 0 Å². The van der Waals surface area contributed by atoms with E-state index < -0.39 is 0 Å². The van der Waals surface area contributed by atoms with E-state index in [-0.39, 0.29) is 18.6 Å². The summed E-state index contributed by atoms with van der Waals surface area (Å²) in [6.07, 6.45) is 3.26. The number of nitrogens with one attached hydrogen (secondary N) is 1. The third-order valence-electron chi connectivity index (χ3n) is 2.79. The number of aliphatic hydroxyl groups excluding tert-OH is 1. The summed E-state index contributed by atoms with van der Waals surface area (Å²) < 4.78 is 0. The normalized spacial score (nSPS) is 13.2. The van der Waals surface area contributed by atoms with Gasteiger partial charge in [0.2, 0.25) is 5.91 Å². The molecule has 2 N–H and O–H groups in total. The molecule has 0 heterocycles. The predicted octanol–water partition coefficient (Wildman–Crippen LogP) is 2.58. The lowest BCUT2D eigenvalue weighted by Gasteiger charge is -2.18. The molecule has 0 saturated carbocycles. The van der Waals surface area contributed by atoms with Crippen molar-refractivity contribution >= 4 is 5.91 Å². The molecule has 1 amide bonds. The Morgan fingerprint density at radius 2 is 2.06 bits per heavy atom. The van der Waals surface area contributed by atoms with Gasteiger partial charge in [0.15, 0.2) is 0 Å². The van der Waals surface area contributed by atoms with Crippen LogP contribution in [-0.2, 0) is 4.79 Å². The zero-order chi connectivity index (χ0) is 13.4. The van der Waals surface area contributed by atoms with E-state index in [1.807, 2.05) is 43.3 Å². The van der Waals surface area contributed by atoms with Crippen molar-refractivity contribution in [2.45, 2.75) is 32.7 Å². The third kappa shape index (κ3) is 4.34. The van der Waals surface area contributed by atoms with Crippen LogP contribution in [0.3, 0.4) is 0 Å². The largest absolute Gasteiger partial charge is 0.396 e. The van der Waals surface area contributed by atoms with E-state index in [0.29, 0.717) is 6.42 Å². The summed E-state index contributed by atoms with van der Waals surface area (Å²) >= 11 is 0. The van der Waals surface area contributed by atoms with Gasteiger partial charge >= 0.3 is 0 Å². The van der Waals surface area contributed by atoms with Gasteiger partial charge in [-0.05, 0) is 25.3 Å². The highest BCUT2D eigenvalue weighted by atomic mass is 16.3. The van der Waals surface area contributed by atoms with Crippen LogP contribution in [-0.4, -0.2) is 17.6 Å². The van der Waals surface area contributed by atoms with E-state index in [4.69, 9.17) is 5.11 Å². The lowest BCUT2D eigenvalue weighted by atomic mass is 10.0. The molecule has 18 heavy (non-hydrogen) atoms. The lowest BCUT2D eigenvalue weighted by Crippen LogP contribution is -2.29. The van der Waals surface area contributed by atoms with Gasteiger partial charge in [-0.3, -0.25) is 4.79 Å². The first-order chi connectivity index (χ1) is 8.69. The summed E-state index contributed by atoms with van der Waals surface area (Å²) in [7, 11) is 0. The van der Waals surface area contributed by atoms with Crippen molar-refractivity contribution in [2.24, 2.45) is 0 Å². The zero-order valence-corrected chi connectivity index (χ0v) is 11.0. The van der Waals surface area contributed by atoms with E-state index in [2.05, 4.69) is 5.32 Å². The number of amides is 1. The van der Waals surface area contributed by atoms with E-state index in [0.717, 1.165) is 17.6 Å². The lowest BCUT2D eigenvalue weighted by molar-refractivity contribution is -0.118. The second-order valence-corrected chi connectivity index (χ2v) is 4.24. The Labute approximate surface area is 109 Å². The minimum Gasteiger partial charge on any atom is -0.396 e. The molecule has 1 unspecified atom stereocenters. The molecule has 0 fully saturated rings. The number of aliphatic hydroxyl groups is 1. The minimum absolute atomic E-state index is 0.0520. The molecule has 98 valence electrons. The van der Waals surface area contributed by atoms with E-state index in [1.165, 1.54) is 0 Å². The van der Waals surface area contributed by atoms with Crippen LogP contribution in [0.4, 0.5) is 0 Å². The van der Waals surface area contributed by atoms with Gasteiger partial charge in [0.05, 0.1) is 6.04 Å². The molecular formula is C15H21NO2. The van der Waals surface area contributed by atoms with E-state index in [9.17, 15) is 4.79 Å². The van der Waals surface area contributed by atoms with Crippen molar-refractivity contribution in [1.29, 1.82) is 0 Å². The standard InChI is InChI=1S/C15H21NO2/c1-3-7-12(2)15(18)16-14(10-11-17)13-8-5-4-6-9-13/h4-9,14,17H,3,10-11H2,1-2H3,(H,16,18)/b12-7-. The van der Waals surface area contributed by atoms with Gasteiger partial charge in [-0.1, -0.05) is 43.3 Å². The quantitative estimate of drug-likeness (QED) is 0.759. The first-order valence-corrected chi connectivity index (χ1v) is 6.32. The van der Waals surface area contributed by atoms with Crippen molar-refractivity contribution in [3.8, 4) is 0 Å². The van der Waals surface area contributed by atoms with Crippen LogP contribution in [0.2, 0.25) is 0 Å². The number of hydrogen-bond donors (Lipinski definition) is 2. The second kappa shape index (κ2) is 7.67. The molecule has 0 saturated heterocycles. The molecule has 1 rings (SSSR count). The van der Waals surface area contributed by atoms with Gasteiger partial charge in [0.1, 0.15) is 0 Å². The maximum absolute atomic E-state index is 11.9. The van der Waals surface area contributed by atoms with Crippen LogP contribution in [0, 0.1) is 0 Å². The van der Waals surface area contributed by atoms with Crippen molar-refractivity contribution in [2.75, 3.05) is 6.61 Å². The number of carbonyl (C=O) groups excluding carboxylic acids is 1. The van der Waals surface area contributed by atoms with Crippen LogP contribution >= 0.6 is 0 Å². The highest BCUT2D eigenvalue weighted by Crippen LogP contribution is 2.16. The molecule has 1 atom stereocenters. The zero-order valence-electron chi connectivity index (χ0n) is 11.0. The fraction of sp³-hybridized carbons (Fsp3) is 0.400. The number of rotatable bonds is 6. The molecule has 3 heteroatoms. The molecule has 0 aliphatic rings. The fourth-order valence-electron chi connectivity index (χ4n) is 1.81. The average Bonchev–Trinajstić information content (AvgIpc) is 2.39. The molecular weight excluding hydrogens is 226 g/mol. The number of benzene rings is 1.